The first-order valence-corrected chi connectivity index (χ1v) is 7.26. The van der Waals surface area contributed by atoms with E-state index in [1.54, 1.807) is 0 Å². The van der Waals surface area contributed by atoms with E-state index in [9.17, 15) is 0 Å². The molecule has 3 rings (SSSR count). The molecule has 0 spiro atoms. The number of morpholine rings is 1. The highest BCUT2D eigenvalue weighted by atomic mass is 35.5. The molecule has 2 aliphatic heterocycles. The number of aromatic nitrogens is 2. The normalized spacial score (nSPS) is 23.9. The molecule has 0 N–H and O–H groups in total. The molecule has 0 aliphatic carbocycles. The lowest BCUT2D eigenvalue weighted by Gasteiger charge is -2.35. The lowest BCUT2D eigenvalue weighted by molar-refractivity contribution is 0.0984. The fourth-order valence-corrected chi connectivity index (χ4v) is 3.50. The summed E-state index contributed by atoms with van der Waals surface area (Å²) in [6, 6.07) is 0.351. The number of halogens is 1. The van der Waals surface area contributed by atoms with E-state index in [4.69, 9.17) is 16.3 Å². The van der Waals surface area contributed by atoms with Gasteiger partial charge in [0, 0.05) is 23.6 Å². The minimum absolute atomic E-state index is 0.351. The molecule has 0 aromatic carbocycles. The molecule has 0 saturated carbocycles. The molecule has 1 fully saturated rings. The zero-order chi connectivity index (χ0) is 11.8. The maximum Gasteiger partial charge on any atom is 0.224 e. The van der Waals surface area contributed by atoms with Gasteiger partial charge in [0.1, 0.15) is 5.82 Å². The molecule has 0 amide bonds. The van der Waals surface area contributed by atoms with Crippen LogP contribution in [0.5, 0.6) is 0 Å². The zero-order valence-electron chi connectivity index (χ0n) is 9.65. The predicted octanol–water partition coefficient (Wildman–Crippen LogP) is 2.10. The summed E-state index contributed by atoms with van der Waals surface area (Å²) in [4.78, 5) is 11.0. The van der Waals surface area contributed by atoms with Gasteiger partial charge < -0.3 is 9.64 Å². The highest BCUT2D eigenvalue weighted by Gasteiger charge is 2.27. The Hall–Kier alpha value is -0.520. The molecule has 1 unspecified atom stereocenters. The van der Waals surface area contributed by atoms with Crippen molar-refractivity contribution in [2.45, 2.75) is 24.5 Å². The predicted molar refractivity (Wildman–Crippen MR) is 69.7 cm³/mol. The number of fused-ring (bicyclic) bond motifs is 1. The third-order valence-electron chi connectivity index (χ3n) is 3.17. The molecule has 92 valence electrons. The van der Waals surface area contributed by atoms with Crippen molar-refractivity contribution in [3.05, 3.63) is 16.5 Å². The minimum Gasteiger partial charge on any atom is -0.377 e. The van der Waals surface area contributed by atoms with E-state index in [0.717, 1.165) is 42.8 Å². The largest absolute Gasteiger partial charge is 0.377 e. The molecule has 1 saturated heterocycles. The SMILES string of the molecule is CC1COCCN1c1nc(Cl)nc2c1CSC2. The monoisotopic (exact) mass is 271 g/mol. The maximum absolute atomic E-state index is 6.01. The first kappa shape index (κ1) is 11.6. The Morgan fingerprint density at radius 2 is 2.29 bits per heavy atom. The van der Waals surface area contributed by atoms with Gasteiger partial charge >= 0.3 is 0 Å². The average molecular weight is 272 g/mol. The van der Waals surface area contributed by atoms with Crippen LogP contribution in [0.25, 0.3) is 0 Å². The van der Waals surface area contributed by atoms with Gasteiger partial charge in [-0.3, -0.25) is 0 Å². The highest BCUT2D eigenvalue weighted by Crippen LogP contribution is 2.36. The molecule has 1 aromatic heterocycles. The molecule has 1 atom stereocenters. The topological polar surface area (TPSA) is 38.2 Å². The highest BCUT2D eigenvalue weighted by molar-refractivity contribution is 7.98. The molecule has 1 aromatic rings. The van der Waals surface area contributed by atoms with Crippen LogP contribution in [0.3, 0.4) is 0 Å². The molecular weight excluding hydrogens is 258 g/mol. The smallest absolute Gasteiger partial charge is 0.224 e. The third kappa shape index (κ3) is 2.11. The fraction of sp³-hybridized carbons (Fsp3) is 0.636. The van der Waals surface area contributed by atoms with Crippen molar-refractivity contribution < 1.29 is 4.74 Å². The summed E-state index contributed by atoms with van der Waals surface area (Å²) >= 11 is 7.88. The Balaban J connectivity index is 2.01. The summed E-state index contributed by atoms with van der Waals surface area (Å²) in [5, 5.41) is 0.361. The fourth-order valence-electron chi connectivity index (χ4n) is 2.28. The molecule has 17 heavy (non-hydrogen) atoms. The van der Waals surface area contributed by atoms with Crippen LogP contribution in [-0.4, -0.2) is 35.8 Å². The van der Waals surface area contributed by atoms with E-state index in [2.05, 4.69) is 21.8 Å². The van der Waals surface area contributed by atoms with Crippen molar-refractivity contribution in [1.82, 2.24) is 9.97 Å². The van der Waals surface area contributed by atoms with E-state index < -0.39 is 0 Å². The van der Waals surface area contributed by atoms with Gasteiger partial charge in [-0.05, 0) is 18.5 Å². The van der Waals surface area contributed by atoms with Crippen LogP contribution in [0, 0.1) is 0 Å². The van der Waals surface area contributed by atoms with E-state index in [0.29, 0.717) is 11.3 Å². The lowest BCUT2D eigenvalue weighted by Crippen LogP contribution is -2.44. The van der Waals surface area contributed by atoms with Gasteiger partial charge in [0.2, 0.25) is 5.28 Å². The quantitative estimate of drug-likeness (QED) is 0.732. The van der Waals surface area contributed by atoms with Crippen LogP contribution in [0.1, 0.15) is 18.2 Å². The number of nitrogens with zero attached hydrogens (tertiary/aromatic N) is 3. The van der Waals surface area contributed by atoms with Crippen molar-refractivity contribution in [1.29, 1.82) is 0 Å². The molecule has 6 heteroatoms. The number of hydrogen-bond acceptors (Lipinski definition) is 5. The Labute approximate surface area is 110 Å². The first-order valence-electron chi connectivity index (χ1n) is 5.73. The Bertz CT molecular complexity index is 443. The molecule has 0 radical (unpaired) electrons. The van der Waals surface area contributed by atoms with Crippen LogP contribution in [0.15, 0.2) is 0 Å². The summed E-state index contributed by atoms with van der Waals surface area (Å²) in [5.41, 5.74) is 2.36. The Morgan fingerprint density at radius 3 is 3.12 bits per heavy atom. The summed E-state index contributed by atoms with van der Waals surface area (Å²) in [7, 11) is 0. The molecule has 3 heterocycles. The molecule has 4 nitrogen and oxygen atoms in total. The van der Waals surface area contributed by atoms with Crippen LogP contribution in [0.2, 0.25) is 5.28 Å². The number of hydrogen-bond donors (Lipinski definition) is 0. The summed E-state index contributed by atoms with van der Waals surface area (Å²) in [5.74, 6) is 2.95. The van der Waals surface area contributed by atoms with Crippen molar-refractivity contribution in [3.63, 3.8) is 0 Å². The summed E-state index contributed by atoms with van der Waals surface area (Å²) < 4.78 is 5.46. The lowest BCUT2D eigenvalue weighted by atomic mass is 10.2. The first-order chi connectivity index (χ1) is 8.25. The van der Waals surface area contributed by atoms with Gasteiger partial charge in [-0.2, -0.15) is 11.8 Å². The van der Waals surface area contributed by atoms with Crippen molar-refractivity contribution in [3.8, 4) is 0 Å². The second-order valence-corrected chi connectivity index (χ2v) is 5.68. The van der Waals surface area contributed by atoms with E-state index in [1.165, 1.54) is 5.56 Å². The standard InChI is InChI=1S/C11H14ClN3OS/c1-7-4-16-3-2-15(7)10-8-5-17-6-9(8)13-11(12)14-10/h7H,2-6H2,1H3. The van der Waals surface area contributed by atoms with E-state index in [-0.39, 0.29) is 0 Å². The number of rotatable bonds is 1. The summed E-state index contributed by atoms with van der Waals surface area (Å²) in [6.45, 7) is 4.55. The van der Waals surface area contributed by atoms with Crippen LogP contribution in [0.4, 0.5) is 5.82 Å². The zero-order valence-corrected chi connectivity index (χ0v) is 11.2. The summed E-state index contributed by atoms with van der Waals surface area (Å²) in [6.07, 6.45) is 0. The Kier molecular flexibility index (Phi) is 3.15. The third-order valence-corrected chi connectivity index (χ3v) is 4.31. The van der Waals surface area contributed by atoms with Crippen molar-refractivity contribution in [2.24, 2.45) is 0 Å². The van der Waals surface area contributed by atoms with Gasteiger partial charge in [0.25, 0.3) is 0 Å². The van der Waals surface area contributed by atoms with Crippen molar-refractivity contribution in [2.75, 3.05) is 24.7 Å². The van der Waals surface area contributed by atoms with Crippen LogP contribution < -0.4 is 4.90 Å². The second-order valence-electron chi connectivity index (χ2n) is 4.35. The number of anilines is 1. The maximum atomic E-state index is 6.01. The minimum atomic E-state index is 0.351. The van der Waals surface area contributed by atoms with Crippen LogP contribution >= 0.6 is 23.4 Å². The number of ether oxygens (including phenoxy) is 1. The van der Waals surface area contributed by atoms with Gasteiger partial charge in [0.05, 0.1) is 24.9 Å². The van der Waals surface area contributed by atoms with E-state index >= 15 is 0 Å². The van der Waals surface area contributed by atoms with Crippen LogP contribution in [-0.2, 0) is 16.2 Å². The molecule has 0 bridgehead atoms. The average Bonchev–Trinajstić information content (AvgIpc) is 2.76. The van der Waals surface area contributed by atoms with Gasteiger partial charge in [-0.1, -0.05) is 0 Å². The second kappa shape index (κ2) is 4.63. The van der Waals surface area contributed by atoms with E-state index in [1.807, 2.05) is 11.8 Å². The number of thioether (sulfide) groups is 1. The van der Waals surface area contributed by atoms with Gasteiger partial charge in [0.15, 0.2) is 0 Å². The van der Waals surface area contributed by atoms with Crippen molar-refractivity contribution >= 4 is 29.2 Å². The molecular formula is C11H14ClN3OS. The van der Waals surface area contributed by atoms with Gasteiger partial charge in [-0.25, -0.2) is 9.97 Å². The molecule has 2 aliphatic rings. The Morgan fingerprint density at radius 1 is 1.41 bits per heavy atom. The van der Waals surface area contributed by atoms with Gasteiger partial charge in [-0.15, -0.1) is 0 Å².